The summed E-state index contributed by atoms with van der Waals surface area (Å²) in [5, 5.41) is 30.1. The molecule has 3 N–H and O–H groups in total. The summed E-state index contributed by atoms with van der Waals surface area (Å²) in [5.41, 5.74) is 0.876. The lowest BCUT2D eigenvalue weighted by molar-refractivity contribution is 0.321. The number of hydrogen-bond acceptors (Lipinski definition) is 4. The Morgan fingerprint density at radius 1 is 0.933 bits per heavy atom. The molecule has 1 rings (SSSR count). The third-order valence-electron chi connectivity index (χ3n) is 5.45. The van der Waals surface area contributed by atoms with Crippen LogP contribution in [-0.4, -0.2) is 36.5 Å². The molecule has 30 heavy (non-hydrogen) atoms. The monoisotopic (exact) mass is 441 g/mol. The molecule has 0 radical (unpaired) electrons. The van der Waals surface area contributed by atoms with Gasteiger partial charge in [0.15, 0.2) is 5.88 Å². The molecule has 6 heteroatoms. The van der Waals surface area contributed by atoms with Gasteiger partial charge in [-0.3, -0.25) is 8.78 Å². The molecule has 0 spiro atoms. The largest absolute Gasteiger partial charge is 0.494 e. The topological polar surface area (TPSA) is 82.7 Å². The highest BCUT2D eigenvalue weighted by atomic mass is 32.2. The molecule has 174 valence electrons. The quantitative estimate of drug-likeness (QED) is 0.232. The molecular formula is C24H43NO4S. The van der Waals surface area contributed by atoms with Crippen molar-refractivity contribution in [1.82, 2.24) is 4.57 Å². The highest BCUT2D eigenvalue weighted by molar-refractivity contribution is 7.85. The SMILES string of the molecule is CCCCCCCCC=C(CCCCCCCC)n1c(O)cc(S(=O)CCO)c1O. The number of aliphatic hydroxyl groups excluding tert-OH is 1. The van der Waals surface area contributed by atoms with Crippen molar-refractivity contribution in [1.29, 1.82) is 0 Å². The highest BCUT2D eigenvalue weighted by Crippen LogP contribution is 2.35. The van der Waals surface area contributed by atoms with Gasteiger partial charge in [0, 0.05) is 11.8 Å². The summed E-state index contributed by atoms with van der Waals surface area (Å²) >= 11 is 0. The van der Waals surface area contributed by atoms with Crippen LogP contribution >= 0.6 is 0 Å². The molecule has 0 aliphatic carbocycles. The first-order valence-electron chi connectivity index (χ1n) is 11.9. The van der Waals surface area contributed by atoms with Gasteiger partial charge in [-0.15, -0.1) is 0 Å². The fourth-order valence-corrected chi connectivity index (χ4v) is 4.61. The van der Waals surface area contributed by atoms with E-state index in [9.17, 15) is 14.4 Å². The van der Waals surface area contributed by atoms with E-state index in [1.807, 2.05) is 0 Å². The molecule has 0 saturated carbocycles. The van der Waals surface area contributed by atoms with Crippen LogP contribution in [0.15, 0.2) is 17.0 Å². The van der Waals surface area contributed by atoms with Crippen molar-refractivity contribution >= 4 is 16.5 Å². The first-order chi connectivity index (χ1) is 14.6. The number of unbranched alkanes of at least 4 members (excludes halogenated alkanes) is 11. The lowest BCUT2D eigenvalue weighted by atomic mass is 10.1. The molecule has 0 saturated heterocycles. The molecule has 0 aliphatic rings. The van der Waals surface area contributed by atoms with Crippen molar-refractivity contribution < 1.29 is 19.5 Å². The summed E-state index contributed by atoms with van der Waals surface area (Å²) in [7, 11) is -1.53. The van der Waals surface area contributed by atoms with Crippen LogP contribution in [0.4, 0.5) is 0 Å². The molecule has 1 atom stereocenters. The number of aliphatic hydroxyl groups is 1. The van der Waals surface area contributed by atoms with Gasteiger partial charge in [0.25, 0.3) is 0 Å². The maximum atomic E-state index is 12.2. The molecule has 1 heterocycles. The Kier molecular flexibility index (Phi) is 14.7. The van der Waals surface area contributed by atoms with Gasteiger partial charge in [-0.1, -0.05) is 84.1 Å². The maximum absolute atomic E-state index is 12.2. The van der Waals surface area contributed by atoms with E-state index < -0.39 is 10.8 Å². The molecule has 1 unspecified atom stereocenters. The van der Waals surface area contributed by atoms with Crippen LogP contribution in [0, 0.1) is 0 Å². The Labute approximate surface area is 185 Å². The molecule has 0 aromatic carbocycles. The summed E-state index contributed by atoms with van der Waals surface area (Å²) in [5.74, 6) is -0.209. The lowest BCUT2D eigenvalue weighted by Crippen LogP contribution is -2.02. The number of hydrogen-bond donors (Lipinski definition) is 3. The summed E-state index contributed by atoms with van der Waals surface area (Å²) in [6.07, 6.45) is 18.2. The van der Waals surface area contributed by atoms with Crippen molar-refractivity contribution in [2.24, 2.45) is 0 Å². The van der Waals surface area contributed by atoms with E-state index in [0.717, 1.165) is 37.8 Å². The summed E-state index contributed by atoms with van der Waals surface area (Å²) < 4.78 is 13.7. The molecule has 5 nitrogen and oxygen atoms in total. The average Bonchev–Trinajstić information content (AvgIpc) is 3.02. The second-order valence-electron chi connectivity index (χ2n) is 8.07. The van der Waals surface area contributed by atoms with E-state index in [-0.39, 0.29) is 29.0 Å². The van der Waals surface area contributed by atoms with Gasteiger partial charge in [-0.2, -0.15) is 0 Å². The van der Waals surface area contributed by atoms with Crippen LogP contribution in [0.3, 0.4) is 0 Å². The Balaban J connectivity index is 2.81. The standard InChI is InChI=1S/C24H43NO4S/c1-3-5-7-9-11-13-15-17-21(16-14-12-10-8-6-4-2)25-23(27)20-22(24(25)28)30(29)19-18-26/h17,20,26-28H,3-16,18-19H2,1-2H3. The van der Waals surface area contributed by atoms with E-state index >= 15 is 0 Å². The zero-order valence-corrected chi connectivity index (χ0v) is 19.9. The van der Waals surface area contributed by atoms with Crippen molar-refractivity contribution in [2.45, 2.75) is 109 Å². The van der Waals surface area contributed by atoms with Crippen LogP contribution in [0.1, 0.15) is 104 Å². The fraction of sp³-hybridized carbons (Fsp3) is 0.750. The predicted octanol–water partition coefficient (Wildman–Crippen LogP) is 6.34. The van der Waals surface area contributed by atoms with Crippen LogP contribution in [0.2, 0.25) is 0 Å². The number of aromatic nitrogens is 1. The van der Waals surface area contributed by atoms with E-state index in [4.69, 9.17) is 5.11 Å². The van der Waals surface area contributed by atoms with Gasteiger partial charge >= 0.3 is 0 Å². The van der Waals surface area contributed by atoms with Crippen molar-refractivity contribution in [3.63, 3.8) is 0 Å². The van der Waals surface area contributed by atoms with E-state index in [1.165, 1.54) is 68.4 Å². The van der Waals surface area contributed by atoms with E-state index in [0.29, 0.717) is 0 Å². The minimum Gasteiger partial charge on any atom is -0.494 e. The predicted molar refractivity (Wildman–Crippen MR) is 126 cm³/mol. The number of nitrogens with zero attached hydrogens (tertiary/aromatic N) is 1. The maximum Gasteiger partial charge on any atom is 0.215 e. The summed E-state index contributed by atoms with van der Waals surface area (Å²) in [4.78, 5) is 0.190. The lowest BCUT2D eigenvalue weighted by Gasteiger charge is -2.13. The van der Waals surface area contributed by atoms with Gasteiger partial charge in [0.1, 0.15) is 4.90 Å². The number of rotatable bonds is 18. The second-order valence-corrected chi connectivity index (χ2v) is 9.61. The summed E-state index contributed by atoms with van der Waals surface area (Å²) in [6.45, 7) is 4.20. The van der Waals surface area contributed by atoms with E-state index in [2.05, 4.69) is 19.9 Å². The van der Waals surface area contributed by atoms with Crippen LogP contribution in [0.5, 0.6) is 11.8 Å². The minimum absolute atomic E-state index is 0.0469. The van der Waals surface area contributed by atoms with E-state index in [1.54, 1.807) is 0 Å². The molecule has 1 aromatic rings. The first-order valence-corrected chi connectivity index (χ1v) is 13.2. The zero-order valence-electron chi connectivity index (χ0n) is 19.1. The minimum atomic E-state index is -1.53. The molecule has 1 aromatic heterocycles. The van der Waals surface area contributed by atoms with Gasteiger partial charge in [0.05, 0.1) is 23.2 Å². The van der Waals surface area contributed by atoms with Crippen molar-refractivity contribution in [3.05, 3.63) is 12.1 Å². The fourth-order valence-electron chi connectivity index (χ4n) is 3.69. The molecule has 0 aliphatic heterocycles. The van der Waals surface area contributed by atoms with Gasteiger partial charge in [-0.25, -0.2) is 0 Å². The second kappa shape index (κ2) is 16.4. The molecule has 0 bridgehead atoms. The normalized spacial score (nSPS) is 13.1. The molecule has 0 amide bonds. The third-order valence-corrected chi connectivity index (χ3v) is 6.80. The molecular weight excluding hydrogens is 398 g/mol. The van der Waals surface area contributed by atoms with Crippen LogP contribution < -0.4 is 0 Å². The third kappa shape index (κ3) is 9.69. The Bertz CT molecular complexity index is 639. The summed E-state index contributed by atoms with van der Waals surface area (Å²) in [6, 6.07) is 1.36. The van der Waals surface area contributed by atoms with Crippen molar-refractivity contribution in [3.8, 4) is 11.8 Å². The van der Waals surface area contributed by atoms with Crippen molar-refractivity contribution in [2.75, 3.05) is 12.4 Å². The van der Waals surface area contributed by atoms with Gasteiger partial charge in [0.2, 0.25) is 5.88 Å². The number of allylic oxidation sites excluding steroid dienone is 2. The van der Waals surface area contributed by atoms with Crippen LogP contribution in [0.25, 0.3) is 5.70 Å². The molecule has 0 fully saturated rings. The van der Waals surface area contributed by atoms with Crippen LogP contribution in [-0.2, 0) is 10.8 Å². The average molecular weight is 442 g/mol. The Morgan fingerprint density at radius 2 is 1.50 bits per heavy atom. The zero-order chi connectivity index (χ0) is 22.2. The van der Waals surface area contributed by atoms with Gasteiger partial charge in [-0.05, 0) is 25.7 Å². The highest BCUT2D eigenvalue weighted by Gasteiger charge is 2.20. The number of aromatic hydroxyl groups is 2. The smallest absolute Gasteiger partial charge is 0.215 e. The Morgan fingerprint density at radius 3 is 2.10 bits per heavy atom. The Hall–Kier alpha value is -1.27. The first kappa shape index (κ1) is 26.8. The van der Waals surface area contributed by atoms with Gasteiger partial charge < -0.3 is 15.3 Å².